The van der Waals surface area contributed by atoms with Crippen LogP contribution in [0.4, 0.5) is 0 Å². The minimum Gasteiger partial charge on any atom is -0.496 e. The van der Waals surface area contributed by atoms with Crippen molar-refractivity contribution in [2.45, 2.75) is 6.10 Å². The summed E-state index contributed by atoms with van der Waals surface area (Å²) in [6.07, 6.45) is 1.05. The summed E-state index contributed by atoms with van der Waals surface area (Å²) in [5.74, 6) is 1.99. The minimum atomic E-state index is -0.340. The van der Waals surface area contributed by atoms with Crippen LogP contribution in [0.5, 0.6) is 5.75 Å². The van der Waals surface area contributed by atoms with E-state index in [-0.39, 0.29) is 6.10 Å². The van der Waals surface area contributed by atoms with Gasteiger partial charge in [-0.05, 0) is 6.07 Å². The molecule has 0 aliphatic heterocycles. The van der Waals surface area contributed by atoms with E-state index in [0.717, 1.165) is 16.9 Å². The lowest BCUT2D eigenvalue weighted by molar-refractivity contribution is 0.111. The van der Waals surface area contributed by atoms with Gasteiger partial charge in [0, 0.05) is 5.56 Å². The van der Waals surface area contributed by atoms with Crippen molar-refractivity contribution in [3.8, 4) is 5.75 Å². The Bertz CT molecular complexity index is 491. The Morgan fingerprint density at radius 2 is 1.89 bits per heavy atom. The van der Waals surface area contributed by atoms with Crippen molar-refractivity contribution < 1.29 is 18.9 Å². The number of hydrogen-bond acceptors (Lipinski definition) is 4. The Kier molecular flexibility index (Phi) is 3.46. The van der Waals surface area contributed by atoms with Crippen molar-refractivity contribution >= 4 is 5.76 Å². The van der Waals surface area contributed by atoms with E-state index in [4.69, 9.17) is 18.9 Å². The van der Waals surface area contributed by atoms with Crippen LogP contribution in [0, 0.1) is 0 Å². The number of rotatable bonds is 5. The smallest absolute Gasteiger partial charge is 0.184 e. The Balaban J connectivity index is 2.63. The maximum atomic E-state index is 5.51. The molecule has 0 aromatic heterocycles. The van der Waals surface area contributed by atoms with E-state index in [1.165, 1.54) is 6.26 Å². The van der Waals surface area contributed by atoms with Gasteiger partial charge in [0.05, 0.1) is 33.2 Å². The van der Waals surface area contributed by atoms with Crippen LogP contribution < -0.4 is 4.74 Å². The number of ether oxygens (including phenoxy) is 4. The minimum absolute atomic E-state index is 0.340. The molecular weight excluding hydrogens is 232 g/mol. The highest BCUT2D eigenvalue weighted by Crippen LogP contribution is 2.46. The summed E-state index contributed by atoms with van der Waals surface area (Å²) in [7, 11) is 4.81. The fraction of sp³-hybridized carbons (Fsp3) is 0.286. The molecule has 96 valence electrons. The molecular formula is C14H16O4. The molecule has 18 heavy (non-hydrogen) atoms. The number of fused-ring (bicyclic) bond motifs is 1. The Morgan fingerprint density at radius 3 is 2.44 bits per heavy atom. The largest absolute Gasteiger partial charge is 0.496 e. The Labute approximate surface area is 106 Å². The first kappa shape index (κ1) is 12.4. The summed E-state index contributed by atoms with van der Waals surface area (Å²) in [6.45, 7) is 3.59. The highest BCUT2D eigenvalue weighted by molar-refractivity contribution is 5.76. The molecule has 0 radical (unpaired) electrons. The molecule has 1 aromatic carbocycles. The number of methoxy groups -OCH3 is 3. The van der Waals surface area contributed by atoms with Gasteiger partial charge in [0.15, 0.2) is 17.6 Å². The summed E-state index contributed by atoms with van der Waals surface area (Å²) in [6, 6.07) is 5.74. The second kappa shape index (κ2) is 5.04. The van der Waals surface area contributed by atoms with Crippen molar-refractivity contribution in [1.29, 1.82) is 0 Å². The average molecular weight is 248 g/mol. The van der Waals surface area contributed by atoms with Crippen LogP contribution in [-0.2, 0) is 14.2 Å². The van der Waals surface area contributed by atoms with Crippen molar-refractivity contribution in [1.82, 2.24) is 0 Å². The molecule has 0 bridgehead atoms. The third-order valence-corrected chi connectivity index (χ3v) is 2.91. The molecule has 0 saturated carbocycles. The van der Waals surface area contributed by atoms with Crippen LogP contribution >= 0.6 is 0 Å². The lowest BCUT2D eigenvalue weighted by Crippen LogP contribution is -2.02. The molecule has 2 rings (SSSR count). The van der Waals surface area contributed by atoms with Crippen molar-refractivity contribution in [2.75, 3.05) is 21.3 Å². The van der Waals surface area contributed by atoms with E-state index < -0.39 is 0 Å². The van der Waals surface area contributed by atoms with Gasteiger partial charge in [0.1, 0.15) is 5.75 Å². The third kappa shape index (κ3) is 1.70. The highest BCUT2D eigenvalue weighted by atomic mass is 16.5. The lowest BCUT2D eigenvalue weighted by Gasteiger charge is -2.14. The molecule has 0 N–H and O–H groups in total. The first-order valence-electron chi connectivity index (χ1n) is 5.54. The summed E-state index contributed by atoms with van der Waals surface area (Å²) >= 11 is 0. The Morgan fingerprint density at radius 1 is 1.11 bits per heavy atom. The molecule has 0 heterocycles. The van der Waals surface area contributed by atoms with E-state index in [2.05, 4.69) is 6.58 Å². The third-order valence-electron chi connectivity index (χ3n) is 2.91. The molecule has 1 atom stereocenters. The van der Waals surface area contributed by atoms with E-state index >= 15 is 0 Å². The first-order valence-corrected chi connectivity index (χ1v) is 5.54. The summed E-state index contributed by atoms with van der Waals surface area (Å²) < 4.78 is 21.7. The highest BCUT2D eigenvalue weighted by Gasteiger charge is 2.36. The van der Waals surface area contributed by atoms with Gasteiger partial charge in [0.25, 0.3) is 0 Å². The van der Waals surface area contributed by atoms with Gasteiger partial charge in [0.2, 0.25) is 0 Å². The molecule has 4 nitrogen and oxygen atoms in total. The van der Waals surface area contributed by atoms with Crippen LogP contribution in [0.2, 0.25) is 0 Å². The van der Waals surface area contributed by atoms with E-state index in [1.54, 1.807) is 21.3 Å². The molecule has 1 aromatic rings. The van der Waals surface area contributed by atoms with Crippen LogP contribution in [0.25, 0.3) is 5.76 Å². The zero-order valence-electron chi connectivity index (χ0n) is 10.7. The maximum absolute atomic E-state index is 5.51. The maximum Gasteiger partial charge on any atom is 0.184 e. The molecule has 1 aliphatic carbocycles. The number of hydrogen-bond donors (Lipinski definition) is 0. The quantitative estimate of drug-likeness (QED) is 0.751. The fourth-order valence-electron chi connectivity index (χ4n) is 2.20. The second-order valence-electron chi connectivity index (χ2n) is 3.71. The van der Waals surface area contributed by atoms with Crippen LogP contribution in [-0.4, -0.2) is 21.3 Å². The zero-order chi connectivity index (χ0) is 13.1. The van der Waals surface area contributed by atoms with E-state index in [0.29, 0.717) is 11.5 Å². The first-order chi connectivity index (χ1) is 8.78. The number of benzene rings is 1. The Hall–Kier alpha value is -2.10. The lowest BCUT2D eigenvalue weighted by atomic mass is 10.1. The second-order valence-corrected chi connectivity index (χ2v) is 3.71. The van der Waals surface area contributed by atoms with Crippen LogP contribution in [0.15, 0.2) is 36.8 Å². The molecule has 4 heteroatoms. The molecule has 1 aliphatic rings. The zero-order valence-corrected chi connectivity index (χ0v) is 10.7. The molecule has 0 spiro atoms. The normalized spacial score (nSPS) is 17.2. The molecule has 0 amide bonds. The topological polar surface area (TPSA) is 36.9 Å². The van der Waals surface area contributed by atoms with Gasteiger partial charge in [-0.3, -0.25) is 0 Å². The van der Waals surface area contributed by atoms with Gasteiger partial charge in [-0.15, -0.1) is 0 Å². The van der Waals surface area contributed by atoms with Gasteiger partial charge >= 0.3 is 0 Å². The van der Waals surface area contributed by atoms with Gasteiger partial charge < -0.3 is 18.9 Å². The van der Waals surface area contributed by atoms with Crippen LogP contribution in [0.3, 0.4) is 0 Å². The average Bonchev–Trinajstić information content (AvgIpc) is 2.72. The molecule has 0 fully saturated rings. The molecule has 1 unspecified atom stereocenters. The van der Waals surface area contributed by atoms with Gasteiger partial charge in [-0.2, -0.15) is 0 Å². The summed E-state index contributed by atoms with van der Waals surface area (Å²) in [4.78, 5) is 0. The van der Waals surface area contributed by atoms with Crippen LogP contribution in [0.1, 0.15) is 17.2 Å². The van der Waals surface area contributed by atoms with Crippen molar-refractivity contribution in [2.24, 2.45) is 0 Å². The SMILES string of the molecule is C=COC1C(OC)=C(OC)c2c(OC)cccc21. The molecule has 0 saturated heterocycles. The predicted molar refractivity (Wildman–Crippen MR) is 68.0 cm³/mol. The predicted octanol–water partition coefficient (Wildman–Crippen LogP) is 2.87. The van der Waals surface area contributed by atoms with Gasteiger partial charge in [-0.1, -0.05) is 18.7 Å². The van der Waals surface area contributed by atoms with Crippen molar-refractivity contribution in [3.63, 3.8) is 0 Å². The van der Waals surface area contributed by atoms with Gasteiger partial charge in [-0.25, -0.2) is 0 Å². The summed E-state index contributed by atoms with van der Waals surface area (Å²) in [5, 5.41) is 0. The summed E-state index contributed by atoms with van der Waals surface area (Å²) in [5.41, 5.74) is 1.81. The monoisotopic (exact) mass is 248 g/mol. The van der Waals surface area contributed by atoms with Crippen molar-refractivity contribution in [3.05, 3.63) is 47.9 Å². The standard InChI is InChI=1S/C14H16O4/c1-5-18-12-9-7-6-8-10(15-2)11(9)13(16-3)14(12)17-4/h5-8,12H,1H2,2-4H3. The fourth-order valence-corrected chi connectivity index (χ4v) is 2.20. The van der Waals surface area contributed by atoms with E-state index in [1.807, 2.05) is 18.2 Å². The van der Waals surface area contributed by atoms with E-state index in [9.17, 15) is 0 Å².